The summed E-state index contributed by atoms with van der Waals surface area (Å²) in [6.07, 6.45) is 5.10. The molecule has 8 heteroatoms. The van der Waals surface area contributed by atoms with E-state index in [0.29, 0.717) is 36.4 Å². The average Bonchev–Trinajstić information content (AvgIpc) is 3.21. The first-order valence-electron chi connectivity index (χ1n) is 9.09. The molecular weight excluding hydrogens is 479 g/mol. The number of nitrogens with zero attached hydrogens (tertiary/aromatic N) is 2. The number of hydrogen-bond acceptors (Lipinski definition) is 4. The molecule has 0 N–H and O–H groups in total. The quantitative estimate of drug-likeness (QED) is 0.455. The van der Waals surface area contributed by atoms with Gasteiger partial charge in [0.2, 0.25) is 5.79 Å². The Labute approximate surface area is 187 Å². The molecule has 0 saturated carbocycles. The zero-order valence-electron chi connectivity index (χ0n) is 15.4. The summed E-state index contributed by atoms with van der Waals surface area (Å²) in [4.78, 5) is 4.10. The second kappa shape index (κ2) is 9.16. The van der Waals surface area contributed by atoms with Crippen LogP contribution in [0, 0.1) is 0 Å². The van der Waals surface area contributed by atoms with Gasteiger partial charge in [0.05, 0.1) is 37.7 Å². The van der Waals surface area contributed by atoms with Crippen LogP contribution in [0.1, 0.15) is 11.1 Å². The Kier molecular flexibility index (Phi) is 6.59. The van der Waals surface area contributed by atoms with Gasteiger partial charge in [-0.05, 0) is 29.8 Å². The van der Waals surface area contributed by atoms with Crippen molar-refractivity contribution in [3.63, 3.8) is 0 Å². The van der Waals surface area contributed by atoms with Crippen LogP contribution in [-0.4, -0.2) is 28.9 Å². The maximum absolute atomic E-state index is 6.48. The van der Waals surface area contributed by atoms with E-state index in [2.05, 4.69) is 20.9 Å². The van der Waals surface area contributed by atoms with Crippen LogP contribution >= 0.6 is 39.1 Å². The molecule has 0 radical (unpaired) electrons. The Hall–Kier alpha value is -1.41. The number of imidazole rings is 1. The van der Waals surface area contributed by atoms with Crippen molar-refractivity contribution in [2.45, 2.75) is 25.0 Å². The van der Waals surface area contributed by atoms with Crippen LogP contribution in [0.4, 0.5) is 0 Å². The molecule has 29 heavy (non-hydrogen) atoms. The van der Waals surface area contributed by atoms with Gasteiger partial charge in [0.25, 0.3) is 0 Å². The Morgan fingerprint density at radius 3 is 2.55 bits per heavy atom. The van der Waals surface area contributed by atoms with Crippen LogP contribution in [0.2, 0.25) is 10.0 Å². The predicted molar refractivity (Wildman–Crippen MR) is 115 cm³/mol. The molecule has 152 valence electrons. The highest BCUT2D eigenvalue weighted by molar-refractivity contribution is 9.10. The van der Waals surface area contributed by atoms with Crippen LogP contribution in [-0.2, 0) is 33.1 Å². The molecule has 0 aliphatic carbocycles. The van der Waals surface area contributed by atoms with Crippen molar-refractivity contribution in [3.8, 4) is 0 Å². The fourth-order valence-electron chi connectivity index (χ4n) is 3.19. The second-order valence-electron chi connectivity index (χ2n) is 6.79. The van der Waals surface area contributed by atoms with Crippen molar-refractivity contribution >= 4 is 39.1 Å². The highest BCUT2D eigenvalue weighted by Crippen LogP contribution is 2.38. The number of ether oxygens (including phenoxy) is 3. The molecule has 0 amide bonds. The summed E-state index contributed by atoms with van der Waals surface area (Å²) in [7, 11) is 0. The van der Waals surface area contributed by atoms with E-state index in [1.165, 1.54) is 0 Å². The predicted octanol–water partition coefficient (Wildman–Crippen LogP) is 5.44. The molecule has 4 rings (SSSR count). The lowest BCUT2D eigenvalue weighted by molar-refractivity contribution is -0.313. The molecule has 1 fully saturated rings. The van der Waals surface area contributed by atoms with Gasteiger partial charge in [0, 0.05) is 27.5 Å². The van der Waals surface area contributed by atoms with Gasteiger partial charge in [-0.1, -0.05) is 57.3 Å². The lowest BCUT2D eigenvalue weighted by Crippen LogP contribution is -2.47. The van der Waals surface area contributed by atoms with E-state index in [1.807, 2.05) is 41.1 Å². The summed E-state index contributed by atoms with van der Waals surface area (Å²) in [6.45, 7) is 1.66. The lowest BCUT2D eigenvalue weighted by Gasteiger charge is -2.40. The molecule has 1 aromatic heterocycles. The van der Waals surface area contributed by atoms with Crippen molar-refractivity contribution in [2.24, 2.45) is 0 Å². The first-order chi connectivity index (χ1) is 14.0. The van der Waals surface area contributed by atoms with Gasteiger partial charge in [-0.3, -0.25) is 0 Å². The number of hydrogen-bond donors (Lipinski definition) is 0. The third-order valence-electron chi connectivity index (χ3n) is 4.70. The summed E-state index contributed by atoms with van der Waals surface area (Å²) in [6, 6.07) is 13.3. The number of aromatic nitrogens is 2. The molecule has 0 spiro atoms. The molecular formula is C21H19BrCl2N2O3. The van der Waals surface area contributed by atoms with Crippen molar-refractivity contribution in [1.82, 2.24) is 9.55 Å². The first kappa shape index (κ1) is 20.8. The maximum Gasteiger partial charge on any atom is 0.215 e. The first-order valence-corrected chi connectivity index (χ1v) is 10.6. The zero-order valence-corrected chi connectivity index (χ0v) is 18.5. The summed E-state index contributed by atoms with van der Waals surface area (Å²) >= 11 is 16.0. The molecule has 3 aromatic rings. The SMILES string of the molecule is Clc1ccc(C2(Cn3ccnc3)OCC(OCc3ccc(Br)cc3)CO2)c(Cl)c1. The average molecular weight is 498 g/mol. The lowest BCUT2D eigenvalue weighted by atomic mass is 10.0. The summed E-state index contributed by atoms with van der Waals surface area (Å²) < 4.78 is 21.4. The molecule has 0 unspecified atom stereocenters. The topological polar surface area (TPSA) is 45.5 Å². The Balaban J connectivity index is 1.48. The van der Waals surface area contributed by atoms with Crippen LogP contribution in [0.15, 0.2) is 65.7 Å². The van der Waals surface area contributed by atoms with E-state index in [0.717, 1.165) is 15.6 Å². The maximum atomic E-state index is 6.48. The molecule has 1 aliphatic rings. The molecule has 1 aliphatic heterocycles. The number of rotatable bonds is 6. The summed E-state index contributed by atoms with van der Waals surface area (Å²) in [5, 5.41) is 1.05. The summed E-state index contributed by atoms with van der Waals surface area (Å²) in [5.41, 5.74) is 1.81. The fourth-order valence-corrected chi connectivity index (χ4v) is 4.00. The minimum atomic E-state index is -1.04. The van der Waals surface area contributed by atoms with Crippen LogP contribution in [0.25, 0.3) is 0 Å². The van der Waals surface area contributed by atoms with Crippen molar-refractivity contribution in [3.05, 3.63) is 86.8 Å². The van der Waals surface area contributed by atoms with Gasteiger partial charge >= 0.3 is 0 Å². The van der Waals surface area contributed by atoms with Gasteiger partial charge < -0.3 is 18.8 Å². The van der Waals surface area contributed by atoms with Crippen LogP contribution in [0.3, 0.4) is 0 Å². The van der Waals surface area contributed by atoms with E-state index in [1.54, 1.807) is 24.7 Å². The molecule has 1 saturated heterocycles. The standard InChI is InChI=1S/C21H19BrCl2N2O3/c22-16-3-1-15(2-4-16)10-27-18-11-28-21(29-12-18,13-26-8-7-25-14-26)19-6-5-17(23)9-20(19)24/h1-9,14,18H,10-13H2. The van der Waals surface area contributed by atoms with E-state index in [-0.39, 0.29) is 6.10 Å². The van der Waals surface area contributed by atoms with E-state index in [9.17, 15) is 0 Å². The van der Waals surface area contributed by atoms with Gasteiger partial charge in [-0.15, -0.1) is 0 Å². The molecule has 2 heterocycles. The van der Waals surface area contributed by atoms with Crippen LogP contribution < -0.4 is 0 Å². The number of halogens is 3. The molecule has 0 bridgehead atoms. The monoisotopic (exact) mass is 496 g/mol. The second-order valence-corrected chi connectivity index (χ2v) is 8.55. The highest BCUT2D eigenvalue weighted by Gasteiger charge is 2.42. The Morgan fingerprint density at radius 1 is 1.14 bits per heavy atom. The van der Waals surface area contributed by atoms with Crippen LogP contribution in [0.5, 0.6) is 0 Å². The third-order valence-corrected chi connectivity index (χ3v) is 5.77. The third kappa shape index (κ3) is 5.02. The smallest absolute Gasteiger partial charge is 0.215 e. The van der Waals surface area contributed by atoms with Crippen molar-refractivity contribution in [2.75, 3.05) is 13.2 Å². The Morgan fingerprint density at radius 2 is 1.90 bits per heavy atom. The van der Waals surface area contributed by atoms with Crippen molar-refractivity contribution in [1.29, 1.82) is 0 Å². The normalized spacial score (nSPS) is 22.0. The van der Waals surface area contributed by atoms with Crippen molar-refractivity contribution < 1.29 is 14.2 Å². The van der Waals surface area contributed by atoms with E-state index in [4.69, 9.17) is 37.4 Å². The minimum absolute atomic E-state index is 0.180. The minimum Gasteiger partial charge on any atom is -0.369 e. The summed E-state index contributed by atoms with van der Waals surface area (Å²) in [5.74, 6) is -1.04. The Bertz CT molecular complexity index is 943. The molecule has 5 nitrogen and oxygen atoms in total. The molecule has 0 atom stereocenters. The molecule has 2 aromatic carbocycles. The zero-order chi connectivity index (χ0) is 20.3. The van der Waals surface area contributed by atoms with E-state index < -0.39 is 5.79 Å². The van der Waals surface area contributed by atoms with E-state index >= 15 is 0 Å². The van der Waals surface area contributed by atoms with Gasteiger partial charge in [-0.25, -0.2) is 4.98 Å². The largest absolute Gasteiger partial charge is 0.369 e. The van der Waals surface area contributed by atoms with Gasteiger partial charge in [-0.2, -0.15) is 0 Å². The highest BCUT2D eigenvalue weighted by atomic mass is 79.9. The van der Waals surface area contributed by atoms with Gasteiger partial charge in [0.1, 0.15) is 6.10 Å². The number of benzene rings is 2. The van der Waals surface area contributed by atoms with Gasteiger partial charge in [0.15, 0.2) is 0 Å². The fraction of sp³-hybridized carbons (Fsp3) is 0.286.